The summed E-state index contributed by atoms with van der Waals surface area (Å²) in [4.78, 5) is 20.4. The van der Waals surface area contributed by atoms with Crippen molar-refractivity contribution in [2.75, 3.05) is 25.5 Å². The molecule has 1 amide bonds. The van der Waals surface area contributed by atoms with Gasteiger partial charge in [-0.25, -0.2) is 0 Å². The average molecular weight is 433 g/mol. The summed E-state index contributed by atoms with van der Waals surface area (Å²) < 4.78 is 10.7. The van der Waals surface area contributed by atoms with Crippen LogP contribution in [0.5, 0.6) is 5.75 Å². The highest BCUT2D eigenvalue weighted by Gasteiger charge is 2.26. The summed E-state index contributed by atoms with van der Waals surface area (Å²) in [7, 11) is 1.57. The van der Waals surface area contributed by atoms with Crippen LogP contribution in [0.1, 0.15) is 18.7 Å². The monoisotopic (exact) mass is 432 g/mol. The van der Waals surface area contributed by atoms with Crippen molar-refractivity contribution < 1.29 is 14.1 Å². The molecule has 1 aromatic carbocycles. The Morgan fingerprint density at radius 1 is 1.38 bits per heavy atom. The van der Waals surface area contributed by atoms with E-state index in [1.807, 2.05) is 17.5 Å². The van der Waals surface area contributed by atoms with Crippen LogP contribution < -0.4 is 10.1 Å². The number of likely N-dealkylation sites (tertiary alicyclic amines) is 1. The van der Waals surface area contributed by atoms with Crippen molar-refractivity contribution in [3.63, 3.8) is 0 Å². The van der Waals surface area contributed by atoms with E-state index in [0.29, 0.717) is 34.7 Å². The van der Waals surface area contributed by atoms with E-state index in [1.54, 1.807) is 36.6 Å². The number of carbonyl (C=O) groups excluding carboxylic acids is 1. The number of thiophene rings is 1. The zero-order valence-corrected chi connectivity index (χ0v) is 17.5. The van der Waals surface area contributed by atoms with Crippen molar-refractivity contribution in [2.45, 2.75) is 19.4 Å². The van der Waals surface area contributed by atoms with Crippen LogP contribution in [0.25, 0.3) is 10.7 Å². The van der Waals surface area contributed by atoms with E-state index in [2.05, 4.69) is 20.4 Å². The number of hydrogen-bond acceptors (Lipinski definition) is 7. The Kier molecular flexibility index (Phi) is 6.13. The number of nitrogens with zero attached hydrogens (tertiary/aromatic N) is 3. The van der Waals surface area contributed by atoms with Gasteiger partial charge in [-0.05, 0) is 55.6 Å². The van der Waals surface area contributed by atoms with Gasteiger partial charge >= 0.3 is 0 Å². The first-order chi connectivity index (χ1) is 14.1. The second-order valence-electron chi connectivity index (χ2n) is 6.87. The number of hydrogen-bond donors (Lipinski definition) is 1. The predicted molar refractivity (Wildman–Crippen MR) is 112 cm³/mol. The van der Waals surface area contributed by atoms with Gasteiger partial charge in [-0.3, -0.25) is 9.69 Å². The van der Waals surface area contributed by atoms with Crippen molar-refractivity contribution in [3.8, 4) is 16.5 Å². The van der Waals surface area contributed by atoms with Crippen LogP contribution in [0.2, 0.25) is 5.02 Å². The molecule has 0 bridgehead atoms. The minimum atomic E-state index is -0.0562. The maximum absolute atomic E-state index is 12.7. The molecule has 9 heteroatoms. The van der Waals surface area contributed by atoms with E-state index < -0.39 is 0 Å². The molecule has 29 heavy (non-hydrogen) atoms. The van der Waals surface area contributed by atoms with Gasteiger partial charge in [0.2, 0.25) is 17.6 Å². The summed E-state index contributed by atoms with van der Waals surface area (Å²) in [5.41, 5.74) is 0.597. The lowest BCUT2D eigenvalue weighted by Crippen LogP contribution is -2.37. The van der Waals surface area contributed by atoms with E-state index in [1.165, 1.54) is 0 Å². The molecule has 2 aromatic heterocycles. The molecule has 0 saturated carbocycles. The standard InChI is InChI=1S/C20H21ClN4O3S/c1-27-16-5-4-14(21)11-15(16)22-20(26)13-6-8-25(9-7-13)12-18-23-19(24-28-18)17-3-2-10-29-17/h2-5,10-11,13H,6-9,12H2,1H3,(H,22,26). The molecule has 0 radical (unpaired) electrons. The third-order valence-corrected chi connectivity index (χ3v) is 6.05. The van der Waals surface area contributed by atoms with Crippen LogP contribution in [0, 0.1) is 5.92 Å². The number of amides is 1. The largest absolute Gasteiger partial charge is 0.495 e. The summed E-state index contributed by atoms with van der Waals surface area (Å²) in [6, 6.07) is 9.11. The van der Waals surface area contributed by atoms with E-state index >= 15 is 0 Å². The van der Waals surface area contributed by atoms with Crippen LogP contribution in [0.4, 0.5) is 5.69 Å². The number of rotatable bonds is 6. The van der Waals surface area contributed by atoms with Gasteiger partial charge in [0, 0.05) is 10.9 Å². The maximum Gasteiger partial charge on any atom is 0.241 e. The highest BCUT2D eigenvalue weighted by Crippen LogP contribution is 2.29. The van der Waals surface area contributed by atoms with Gasteiger partial charge in [0.15, 0.2) is 0 Å². The zero-order chi connectivity index (χ0) is 20.2. The fraction of sp³-hybridized carbons (Fsp3) is 0.350. The first-order valence-corrected chi connectivity index (χ1v) is 10.6. The molecular weight excluding hydrogens is 412 g/mol. The van der Waals surface area contributed by atoms with Crippen molar-refractivity contribution in [3.05, 3.63) is 46.6 Å². The van der Waals surface area contributed by atoms with Crippen molar-refractivity contribution in [1.82, 2.24) is 15.0 Å². The van der Waals surface area contributed by atoms with Crippen LogP contribution >= 0.6 is 22.9 Å². The Morgan fingerprint density at radius 3 is 2.93 bits per heavy atom. The van der Waals surface area contributed by atoms with E-state index in [9.17, 15) is 4.79 Å². The first-order valence-electron chi connectivity index (χ1n) is 9.35. The summed E-state index contributed by atoms with van der Waals surface area (Å²) in [6.07, 6.45) is 1.53. The Bertz CT molecular complexity index is 968. The third kappa shape index (κ3) is 4.77. The molecule has 1 fully saturated rings. The van der Waals surface area contributed by atoms with Gasteiger partial charge in [-0.1, -0.05) is 22.8 Å². The smallest absolute Gasteiger partial charge is 0.241 e. The van der Waals surface area contributed by atoms with E-state index in [4.69, 9.17) is 20.9 Å². The van der Waals surface area contributed by atoms with Gasteiger partial charge in [-0.2, -0.15) is 4.98 Å². The highest BCUT2D eigenvalue weighted by molar-refractivity contribution is 7.13. The van der Waals surface area contributed by atoms with Crippen LogP contribution in [0.15, 0.2) is 40.2 Å². The zero-order valence-electron chi connectivity index (χ0n) is 15.9. The molecule has 1 aliphatic rings. The molecular formula is C20H21ClN4O3S. The van der Waals surface area contributed by atoms with Gasteiger partial charge in [0.1, 0.15) is 5.75 Å². The fourth-order valence-electron chi connectivity index (χ4n) is 3.38. The van der Waals surface area contributed by atoms with Crippen LogP contribution in [-0.2, 0) is 11.3 Å². The van der Waals surface area contributed by atoms with Crippen molar-refractivity contribution in [2.24, 2.45) is 5.92 Å². The highest BCUT2D eigenvalue weighted by atomic mass is 35.5. The topological polar surface area (TPSA) is 80.5 Å². The van der Waals surface area contributed by atoms with Crippen LogP contribution in [0.3, 0.4) is 0 Å². The Morgan fingerprint density at radius 2 is 2.21 bits per heavy atom. The minimum absolute atomic E-state index is 0.0111. The fourth-order valence-corrected chi connectivity index (χ4v) is 4.20. The third-order valence-electron chi connectivity index (χ3n) is 4.95. The molecule has 4 rings (SSSR count). The van der Waals surface area contributed by atoms with Crippen molar-refractivity contribution >= 4 is 34.5 Å². The molecule has 3 heterocycles. The number of halogens is 1. The van der Waals surface area contributed by atoms with E-state index in [-0.39, 0.29) is 11.8 Å². The summed E-state index contributed by atoms with van der Waals surface area (Å²) in [6.45, 7) is 2.18. The number of piperidine rings is 1. The number of methoxy groups -OCH3 is 1. The van der Waals surface area contributed by atoms with Crippen LogP contribution in [-0.4, -0.2) is 41.1 Å². The molecule has 0 aliphatic carbocycles. The Hall–Kier alpha value is -2.42. The molecule has 0 spiro atoms. The normalized spacial score (nSPS) is 15.4. The lowest BCUT2D eigenvalue weighted by molar-refractivity contribution is -0.121. The number of aromatic nitrogens is 2. The molecule has 1 N–H and O–H groups in total. The number of benzene rings is 1. The van der Waals surface area contributed by atoms with Gasteiger partial charge in [0.25, 0.3) is 0 Å². The second kappa shape index (κ2) is 8.94. The molecule has 3 aromatic rings. The first kappa shape index (κ1) is 19.9. The number of anilines is 1. The number of nitrogens with one attached hydrogen (secondary N) is 1. The summed E-state index contributed by atoms with van der Waals surface area (Å²) in [5.74, 6) is 1.75. The van der Waals surface area contributed by atoms with Crippen molar-refractivity contribution in [1.29, 1.82) is 0 Å². The SMILES string of the molecule is COc1ccc(Cl)cc1NC(=O)C1CCN(Cc2nc(-c3cccs3)no2)CC1. The van der Waals surface area contributed by atoms with Gasteiger partial charge in [-0.15, -0.1) is 11.3 Å². The lowest BCUT2D eigenvalue weighted by Gasteiger charge is -2.30. The van der Waals surface area contributed by atoms with Gasteiger partial charge < -0.3 is 14.6 Å². The second-order valence-corrected chi connectivity index (χ2v) is 8.26. The maximum atomic E-state index is 12.7. The molecule has 0 atom stereocenters. The number of ether oxygens (including phenoxy) is 1. The summed E-state index contributed by atoms with van der Waals surface area (Å²) in [5, 5.41) is 9.54. The average Bonchev–Trinajstić information content (AvgIpc) is 3.40. The Balaban J connectivity index is 1.30. The predicted octanol–water partition coefficient (Wildman–Crippen LogP) is 4.31. The Labute approximate surface area is 177 Å². The molecule has 7 nitrogen and oxygen atoms in total. The molecule has 1 saturated heterocycles. The van der Waals surface area contributed by atoms with E-state index in [0.717, 1.165) is 30.8 Å². The summed E-state index contributed by atoms with van der Waals surface area (Å²) >= 11 is 7.62. The molecule has 0 unspecified atom stereocenters. The minimum Gasteiger partial charge on any atom is -0.495 e. The number of carbonyl (C=O) groups is 1. The molecule has 152 valence electrons. The van der Waals surface area contributed by atoms with Gasteiger partial charge in [0.05, 0.1) is 24.2 Å². The lowest BCUT2D eigenvalue weighted by atomic mass is 9.96. The molecule has 1 aliphatic heterocycles. The quantitative estimate of drug-likeness (QED) is 0.625.